The van der Waals surface area contributed by atoms with Crippen LogP contribution >= 0.6 is 0 Å². The predicted octanol–water partition coefficient (Wildman–Crippen LogP) is 4.97. The Morgan fingerprint density at radius 3 is 2.00 bits per heavy atom. The van der Waals surface area contributed by atoms with Gasteiger partial charge in [-0.05, 0) is 6.42 Å². The minimum Gasteiger partial charge on any atom is -0.748 e. The van der Waals surface area contributed by atoms with Crippen molar-refractivity contribution >= 4 is 11.4 Å². The van der Waals surface area contributed by atoms with Gasteiger partial charge in [-0.1, -0.05) is 37.3 Å². The van der Waals surface area contributed by atoms with Crippen molar-refractivity contribution in [2.75, 3.05) is 0 Å². The molecule has 114 valence electrons. The molecule has 0 fully saturated rings. The van der Waals surface area contributed by atoms with Crippen molar-refractivity contribution in [1.29, 1.82) is 0 Å². The molecular weight excluding hydrogens is 288 g/mol. The molecule has 0 saturated carbocycles. The quantitative estimate of drug-likeness (QED) is 0.318. The number of unbranched alkanes of at least 4 members (excludes halogenated alkanes) is 2. The van der Waals surface area contributed by atoms with Crippen LogP contribution < -0.4 is 0 Å². The van der Waals surface area contributed by atoms with E-state index in [0.29, 0.717) is 12.0 Å². The van der Waals surface area contributed by atoms with Gasteiger partial charge < -0.3 is 35.1 Å². The van der Waals surface area contributed by atoms with Crippen LogP contribution in [0.3, 0.4) is 0 Å². The van der Waals surface area contributed by atoms with Gasteiger partial charge in [-0.2, -0.15) is 18.7 Å². The van der Waals surface area contributed by atoms with Gasteiger partial charge in [0.05, 0.1) is 5.78 Å². The van der Waals surface area contributed by atoms with E-state index in [1.807, 2.05) is 54.6 Å². The monoisotopic (exact) mass is 310 g/mol. The molecule has 0 aliphatic heterocycles. The first-order valence-electron chi connectivity index (χ1n) is 6.86. The van der Waals surface area contributed by atoms with Crippen molar-refractivity contribution < 1.29 is 21.9 Å². The average molecular weight is 310 g/mol. The summed E-state index contributed by atoms with van der Waals surface area (Å²) in [6.45, 7) is 5.96. The van der Waals surface area contributed by atoms with E-state index in [-0.39, 0.29) is 22.9 Å². The minimum absolute atomic E-state index is 0. The van der Waals surface area contributed by atoms with Gasteiger partial charge in [0.2, 0.25) is 0 Å². The van der Waals surface area contributed by atoms with E-state index in [1.165, 1.54) is 0 Å². The topological polar surface area (TPSA) is 17.1 Å². The number of hydrogen-bond acceptors (Lipinski definition) is 1. The van der Waals surface area contributed by atoms with Crippen molar-refractivity contribution in [3.8, 4) is 0 Å². The summed E-state index contributed by atoms with van der Waals surface area (Å²) in [4.78, 5) is 11.6. The number of rotatable bonds is 6. The van der Waals surface area contributed by atoms with Crippen LogP contribution in [0.25, 0.3) is 5.57 Å². The molecule has 0 atom stereocenters. The Morgan fingerprint density at radius 2 is 1.55 bits per heavy atom. The molecule has 0 bridgehead atoms. The van der Waals surface area contributed by atoms with Gasteiger partial charge in [-0.3, -0.25) is 0 Å². The van der Waals surface area contributed by atoms with E-state index in [2.05, 4.69) is 13.5 Å². The van der Waals surface area contributed by atoms with Crippen molar-refractivity contribution in [3.63, 3.8) is 0 Å². The second-order valence-corrected chi connectivity index (χ2v) is 4.49. The van der Waals surface area contributed by atoms with Crippen molar-refractivity contribution in [2.45, 2.75) is 32.6 Å². The SMILES string of the molecule is C=C(C(=O)CCCCC)[c-]1cccc1.[Fe].[cH-]1[cH-][cH-][cH-][cH-]1. The molecule has 0 aliphatic carbocycles. The van der Waals surface area contributed by atoms with E-state index >= 15 is 0 Å². The normalized spacial score (nSPS) is 9.05. The molecule has 2 aromatic carbocycles. The van der Waals surface area contributed by atoms with Gasteiger partial charge in [-0.15, -0.1) is 12.1 Å². The standard InChI is InChI=1S/C13H17O.C5H5.Fe/c1-3-4-5-10-13(14)11(2)12-8-6-7-9-12;1-2-4-5-3-1;/h6-9H,2-5,10H2,1H3;1-5H;/q-1;-5;. The smallest absolute Gasteiger partial charge is 0.0958 e. The minimum atomic E-state index is 0. The number of ketones is 1. The second-order valence-electron chi connectivity index (χ2n) is 4.49. The van der Waals surface area contributed by atoms with Crippen molar-refractivity contribution in [2.24, 2.45) is 0 Å². The molecule has 0 radical (unpaired) electrons. The van der Waals surface area contributed by atoms with Crippen LogP contribution in [0.15, 0.2) is 61.2 Å². The van der Waals surface area contributed by atoms with Gasteiger partial charge in [-0.25, -0.2) is 0 Å². The number of allylic oxidation sites excluding steroid dienone is 1. The average Bonchev–Trinajstić information content (AvgIpc) is 3.13. The molecule has 0 N–H and O–H groups in total. The maximum absolute atomic E-state index is 11.6. The Labute approximate surface area is 132 Å². The number of carbonyl (C=O) groups is 1. The zero-order valence-electron chi connectivity index (χ0n) is 12.0. The summed E-state index contributed by atoms with van der Waals surface area (Å²) in [6.07, 6.45) is 3.89. The summed E-state index contributed by atoms with van der Waals surface area (Å²) >= 11 is 0. The molecular formula is C18H22FeO-6. The molecule has 0 saturated heterocycles. The number of hydrogen-bond donors (Lipinski definition) is 0. The summed E-state index contributed by atoms with van der Waals surface area (Å²) in [5.74, 6) is 0.185. The fourth-order valence-electron chi connectivity index (χ4n) is 1.74. The Hall–Kier alpha value is -1.37. The van der Waals surface area contributed by atoms with Crippen LogP contribution in [-0.4, -0.2) is 5.78 Å². The summed E-state index contributed by atoms with van der Waals surface area (Å²) < 4.78 is 0. The van der Waals surface area contributed by atoms with Crippen LogP contribution in [0.5, 0.6) is 0 Å². The van der Waals surface area contributed by atoms with Crippen molar-refractivity contribution in [3.05, 3.63) is 66.7 Å². The van der Waals surface area contributed by atoms with Gasteiger partial charge in [0, 0.05) is 17.1 Å². The van der Waals surface area contributed by atoms with Gasteiger partial charge in [0.25, 0.3) is 0 Å². The number of carbonyl (C=O) groups excluding carboxylic acids is 1. The molecule has 0 unspecified atom stereocenters. The molecule has 20 heavy (non-hydrogen) atoms. The molecule has 2 heteroatoms. The maximum Gasteiger partial charge on any atom is 0.0958 e. The Kier molecular flexibility index (Phi) is 10.7. The van der Waals surface area contributed by atoms with Crippen LogP contribution in [0.4, 0.5) is 0 Å². The Balaban J connectivity index is 0.000000507. The van der Waals surface area contributed by atoms with Crippen LogP contribution in [0.2, 0.25) is 0 Å². The van der Waals surface area contributed by atoms with Crippen LogP contribution in [-0.2, 0) is 21.9 Å². The Bertz CT molecular complexity index is 434. The molecule has 2 rings (SSSR count). The zero-order valence-corrected chi connectivity index (χ0v) is 13.1. The third-order valence-corrected chi connectivity index (χ3v) is 2.91. The first-order chi connectivity index (χ1) is 9.25. The molecule has 1 nitrogen and oxygen atoms in total. The first kappa shape index (κ1) is 18.6. The van der Waals surface area contributed by atoms with E-state index in [0.717, 1.165) is 24.8 Å². The first-order valence-corrected chi connectivity index (χ1v) is 6.86. The van der Waals surface area contributed by atoms with Gasteiger partial charge in [0.15, 0.2) is 0 Å². The molecule has 0 spiro atoms. The summed E-state index contributed by atoms with van der Waals surface area (Å²) in [7, 11) is 0. The molecule has 0 aromatic heterocycles. The third kappa shape index (κ3) is 7.28. The van der Waals surface area contributed by atoms with Crippen molar-refractivity contribution in [1.82, 2.24) is 0 Å². The second kappa shape index (κ2) is 11.5. The molecule has 0 heterocycles. The fourth-order valence-corrected chi connectivity index (χ4v) is 1.74. The van der Waals surface area contributed by atoms with E-state index < -0.39 is 0 Å². The van der Waals surface area contributed by atoms with Crippen LogP contribution in [0, 0.1) is 0 Å². The maximum atomic E-state index is 11.6. The van der Waals surface area contributed by atoms with E-state index in [1.54, 1.807) is 0 Å². The Morgan fingerprint density at radius 1 is 1.05 bits per heavy atom. The predicted molar refractivity (Wildman–Crippen MR) is 82.3 cm³/mol. The van der Waals surface area contributed by atoms with Gasteiger partial charge in [0.1, 0.15) is 0 Å². The fraction of sp³-hybridized carbons (Fsp3) is 0.278. The summed E-state index contributed by atoms with van der Waals surface area (Å²) in [6, 6.07) is 17.7. The van der Waals surface area contributed by atoms with Crippen LogP contribution in [0.1, 0.15) is 38.2 Å². The molecule has 0 amide bonds. The molecule has 2 aromatic rings. The third-order valence-electron chi connectivity index (χ3n) is 2.91. The summed E-state index contributed by atoms with van der Waals surface area (Å²) in [5, 5.41) is 0. The van der Waals surface area contributed by atoms with E-state index in [4.69, 9.17) is 0 Å². The van der Waals surface area contributed by atoms with E-state index in [9.17, 15) is 4.79 Å². The largest absolute Gasteiger partial charge is 0.748 e. The molecule has 0 aliphatic rings. The number of Topliss-reactive ketones (excluding diaryl/α,β-unsaturated/α-hetero) is 1. The van der Waals surface area contributed by atoms with Gasteiger partial charge >= 0.3 is 0 Å². The zero-order chi connectivity index (χ0) is 13.9. The summed E-state index contributed by atoms with van der Waals surface area (Å²) in [5.41, 5.74) is 1.62.